The molecule has 10 nitrogen and oxygen atoms in total. The van der Waals surface area contributed by atoms with E-state index >= 15 is 0 Å². The van der Waals surface area contributed by atoms with Crippen molar-refractivity contribution in [1.29, 1.82) is 0 Å². The Morgan fingerprint density at radius 1 is 1.27 bits per heavy atom. The predicted molar refractivity (Wildman–Crippen MR) is 104 cm³/mol. The van der Waals surface area contributed by atoms with Crippen LogP contribution in [0.2, 0.25) is 0 Å². The third-order valence-corrected chi connectivity index (χ3v) is 6.00. The van der Waals surface area contributed by atoms with Crippen LogP contribution in [0.4, 0.5) is 25.4 Å². The molecular weight excluding hydrogens is 421 g/mol. The molecule has 2 aromatic carbocycles. The Balaban J connectivity index is 2.00. The molecule has 0 spiro atoms. The van der Waals surface area contributed by atoms with Gasteiger partial charge in [0.05, 0.1) is 30.8 Å². The first-order valence-electron chi connectivity index (χ1n) is 8.61. The lowest BCUT2D eigenvalue weighted by atomic mass is 10.2. The maximum atomic E-state index is 13.3. The van der Waals surface area contributed by atoms with Crippen LogP contribution in [0, 0.1) is 5.82 Å². The molecule has 0 saturated carbocycles. The first-order valence-corrected chi connectivity index (χ1v) is 10.1. The number of carbonyl (C=O) groups excluding carboxylic acids is 1. The third-order valence-electron chi connectivity index (χ3n) is 4.20. The van der Waals surface area contributed by atoms with Crippen molar-refractivity contribution in [3.63, 3.8) is 0 Å². The van der Waals surface area contributed by atoms with Crippen LogP contribution in [0.25, 0.3) is 0 Å². The van der Waals surface area contributed by atoms with E-state index < -0.39 is 34.1 Å². The average Bonchev–Trinajstić information content (AvgIpc) is 2.71. The molecule has 1 atom stereocenters. The van der Waals surface area contributed by atoms with Crippen LogP contribution in [-0.2, 0) is 14.8 Å². The minimum absolute atomic E-state index is 0.0450. The summed E-state index contributed by atoms with van der Waals surface area (Å²) in [7, 11) is -2.96. The molecule has 0 fully saturated rings. The number of rotatable bonds is 5. The van der Waals surface area contributed by atoms with E-state index in [-0.39, 0.29) is 35.1 Å². The topological polar surface area (TPSA) is 134 Å². The van der Waals surface area contributed by atoms with Gasteiger partial charge in [-0.15, -0.1) is 0 Å². The number of benzene rings is 2. The highest BCUT2D eigenvalue weighted by Crippen LogP contribution is 2.39. The van der Waals surface area contributed by atoms with E-state index in [4.69, 9.17) is 9.84 Å². The zero-order chi connectivity index (χ0) is 21.9. The van der Waals surface area contributed by atoms with Gasteiger partial charge in [-0.1, -0.05) is 0 Å². The molecule has 1 aliphatic rings. The van der Waals surface area contributed by atoms with E-state index in [2.05, 4.69) is 15.4 Å². The summed E-state index contributed by atoms with van der Waals surface area (Å²) in [5, 5.41) is 13.5. The van der Waals surface area contributed by atoms with Crippen LogP contribution >= 0.6 is 0 Å². The SMILES string of the molecule is COC(=O)NCC1CN(S(=O)(=O)c2ccc(F)cc2)c2cc(NC(=O)O)ccc2O1. The molecule has 0 bridgehead atoms. The Morgan fingerprint density at radius 3 is 2.60 bits per heavy atom. The number of ether oxygens (including phenoxy) is 2. The number of anilines is 2. The Labute approximate surface area is 171 Å². The number of nitrogens with zero attached hydrogens (tertiary/aromatic N) is 1. The van der Waals surface area contributed by atoms with Gasteiger partial charge >= 0.3 is 12.2 Å². The number of amides is 2. The van der Waals surface area contributed by atoms with E-state index in [1.165, 1.54) is 25.3 Å². The molecule has 0 saturated heterocycles. The molecule has 1 aliphatic heterocycles. The maximum Gasteiger partial charge on any atom is 0.409 e. The Bertz CT molecular complexity index is 1060. The second-order valence-electron chi connectivity index (χ2n) is 6.22. The van der Waals surface area contributed by atoms with Gasteiger partial charge in [-0.3, -0.25) is 9.62 Å². The molecule has 0 aromatic heterocycles. The van der Waals surface area contributed by atoms with Crippen molar-refractivity contribution in [2.45, 2.75) is 11.0 Å². The van der Waals surface area contributed by atoms with Crippen LogP contribution in [0.5, 0.6) is 5.75 Å². The Morgan fingerprint density at radius 2 is 1.97 bits per heavy atom. The molecule has 1 heterocycles. The van der Waals surface area contributed by atoms with Crippen LogP contribution in [0.3, 0.4) is 0 Å². The average molecular weight is 439 g/mol. The summed E-state index contributed by atoms with van der Waals surface area (Å²) in [5.74, 6) is -0.427. The van der Waals surface area contributed by atoms with E-state index in [9.17, 15) is 22.4 Å². The van der Waals surface area contributed by atoms with Crippen LogP contribution < -0.4 is 19.7 Å². The number of methoxy groups -OCH3 is 1. The lowest BCUT2D eigenvalue weighted by Crippen LogP contribution is -2.48. The lowest BCUT2D eigenvalue weighted by molar-refractivity contribution is 0.156. The number of hydrogen-bond donors (Lipinski definition) is 3. The first kappa shape index (κ1) is 21.2. The third kappa shape index (κ3) is 4.54. The fourth-order valence-electron chi connectivity index (χ4n) is 2.85. The monoisotopic (exact) mass is 439 g/mol. The smallest absolute Gasteiger partial charge is 0.409 e. The van der Waals surface area contributed by atoms with Gasteiger partial charge in [0.25, 0.3) is 10.0 Å². The van der Waals surface area contributed by atoms with Gasteiger partial charge < -0.3 is 19.9 Å². The molecule has 0 aliphatic carbocycles. The normalized spacial score (nSPS) is 15.5. The number of hydrogen-bond acceptors (Lipinski definition) is 6. The summed E-state index contributed by atoms with van der Waals surface area (Å²) in [4.78, 5) is 22.1. The number of alkyl carbamates (subject to hydrolysis) is 1. The Hall–Kier alpha value is -3.54. The van der Waals surface area contributed by atoms with Gasteiger partial charge in [0.2, 0.25) is 0 Å². The summed E-state index contributed by atoms with van der Waals surface area (Å²) >= 11 is 0. The highest BCUT2D eigenvalue weighted by molar-refractivity contribution is 7.92. The number of nitrogens with one attached hydrogen (secondary N) is 2. The van der Waals surface area contributed by atoms with E-state index in [0.717, 1.165) is 28.6 Å². The molecule has 3 N–H and O–H groups in total. The molecule has 30 heavy (non-hydrogen) atoms. The van der Waals surface area contributed by atoms with Crippen molar-refractivity contribution in [1.82, 2.24) is 5.32 Å². The Kier molecular flexibility index (Phi) is 5.96. The summed E-state index contributed by atoms with van der Waals surface area (Å²) in [6, 6.07) is 8.43. The highest BCUT2D eigenvalue weighted by Gasteiger charge is 2.35. The molecule has 12 heteroatoms. The summed E-state index contributed by atoms with van der Waals surface area (Å²) in [5.41, 5.74) is 0.232. The first-order chi connectivity index (χ1) is 14.2. The van der Waals surface area contributed by atoms with E-state index in [1.54, 1.807) is 0 Å². The van der Waals surface area contributed by atoms with E-state index in [0.29, 0.717) is 0 Å². The zero-order valence-corrected chi connectivity index (χ0v) is 16.5. The standard InChI is InChI=1S/C18H18FN3O7S/c1-28-18(25)20-9-13-10-22(30(26,27)14-5-2-11(19)3-6-14)15-8-12(21-17(23)24)4-7-16(15)29-13/h2-8,13,21H,9-10H2,1H3,(H,20,25)(H,23,24). The van der Waals surface area contributed by atoms with Gasteiger partial charge in [0.15, 0.2) is 0 Å². The largest absolute Gasteiger partial charge is 0.484 e. The predicted octanol–water partition coefficient (Wildman–Crippen LogP) is 2.23. The van der Waals surface area contributed by atoms with Crippen LogP contribution in [0.15, 0.2) is 47.4 Å². The quantitative estimate of drug-likeness (QED) is 0.650. The summed E-state index contributed by atoms with van der Waals surface area (Å²) < 4.78 is 51.0. The number of fused-ring (bicyclic) bond motifs is 1. The molecule has 160 valence electrons. The molecule has 2 aromatic rings. The van der Waals surface area contributed by atoms with E-state index in [1.807, 2.05) is 0 Å². The van der Waals surface area contributed by atoms with Crippen LogP contribution in [-0.4, -0.2) is 52.0 Å². The van der Waals surface area contributed by atoms with Crippen molar-refractivity contribution in [3.05, 3.63) is 48.3 Å². The molecule has 3 rings (SSSR count). The van der Waals surface area contributed by atoms with Gasteiger partial charge in [-0.25, -0.2) is 22.4 Å². The molecular formula is C18H18FN3O7S. The highest BCUT2D eigenvalue weighted by atomic mass is 32.2. The van der Waals surface area contributed by atoms with Gasteiger partial charge in [-0.05, 0) is 42.5 Å². The fraction of sp³-hybridized carbons (Fsp3) is 0.222. The maximum absolute atomic E-state index is 13.3. The second kappa shape index (κ2) is 8.45. The zero-order valence-electron chi connectivity index (χ0n) is 15.7. The summed E-state index contributed by atoms with van der Waals surface area (Å²) in [6.45, 7) is -0.232. The number of halogens is 1. The van der Waals surface area contributed by atoms with Gasteiger partial charge in [0.1, 0.15) is 17.7 Å². The van der Waals surface area contributed by atoms with Gasteiger partial charge in [0, 0.05) is 5.69 Å². The van der Waals surface area contributed by atoms with Crippen molar-refractivity contribution < 1.29 is 37.0 Å². The number of carbonyl (C=O) groups is 2. The number of sulfonamides is 1. The van der Waals surface area contributed by atoms with Crippen LogP contribution in [0.1, 0.15) is 0 Å². The van der Waals surface area contributed by atoms with Gasteiger partial charge in [-0.2, -0.15) is 0 Å². The second-order valence-corrected chi connectivity index (χ2v) is 8.08. The van der Waals surface area contributed by atoms with Crippen molar-refractivity contribution in [2.24, 2.45) is 0 Å². The number of carboxylic acid groups (broad SMARTS) is 1. The minimum Gasteiger partial charge on any atom is -0.484 e. The molecule has 2 amide bonds. The molecule has 1 unspecified atom stereocenters. The van der Waals surface area contributed by atoms with Crippen molar-refractivity contribution >= 4 is 33.6 Å². The van der Waals surface area contributed by atoms with Crippen molar-refractivity contribution in [3.8, 4) is 5.75 Å². The van der Waals surface area contributed by atoms with Crippen molar-refractivity contribution in [2.75, 3.05) is 29.8 Å². The summed E-state index contributed by atoms with van der Waals surface area (Å²) in [6.07, 6.45) is -2.79. The lowest BCUT2D eigenvalue weighted by Gasteiger charge is -2.35. The molecule has 0 radical (unpaired) electrons. The minimum atomic E-state index is -4.15. The fourth-order valence-corrected chi connectivity index (χ4v) is 4.35.